The van der Waals surface area contributed by atoms with Crippen molar-refractivity contribution in [2.24, 2.45) is 5.92 Å². The summed E-state index contributed by atoms with van der Waals surface area (Å²) in [6.45, 7) is 2.09. The minimum atomic E-state index is -0.536. The molecule has 1 fully saturated rings. The molecular formula is C17H20FNO2. The SMILES string of the molecule is CC1CCCC1NC(=O)c1cc(C#CCCO)ccc1F. The third-order valence-electron chi connectivity index (χ3n) is 3.86. The molecule has 1 amide bonds. The van der Waals surface area contributed by atoms with Crippen molar-refractivity contribution in [1.29, 1.82) is 0 Å². The van der Waals surface area contributed by atoms with Crippen molar-refractivity contribution in [3.63, 3.8) is 0 Å². The van der Waals surface area contributed by atoms with Gasteiger partial charge in [0.1, 0.15) is 5.82 Å². The van der Waals surface area contributed by atoms with Crippen LogP contribution in [0.3, 0.4) is 0 Å². The second-order valence-electron chi connectivity index (χ2n) is 5.46. The molecule has 2 N–H and O–H groups in total. The molecule has 112 valence electrons. The van der Waals surface area contributed by atoms with Crippen LogP contribution >= 0.6 is 0 Å². The van der Waals surface area contributed by atoms with E-state index in [9.17, 15) is 9.18 Å². The molecular weight excluding hydrogens is 269 g/mol. The van der Waals surface area contributed by atoms with Gasteiger partial charge in [-0.25, -0.2) is 4.39 Å². The fraction of sp³-hybridized carbons (Fsp3) is 0.471. The van der Waals surface area contributed by atoms with Gasteiger partial charge in [0.25, 0.3) is 5.91 Å². The van der Waals surface area contributed by atoms with Crippen LogP contribution in [0.25, 0.3) is 0 Å². The van der Waals surface area contributed by atoms with Crippen molar-refractivity contribution in [1.82, 2.24) is 5.32 Å². The van der Waals surface area contributed by atoms with E-state index in [0.717, 1.165) is 19.3 Å². The standard InChI is InChI=1S/C17H20FNO2/c1-12-5-4-7-16(12)19-17(21)14-11-13(6-2-3-10-20)8-9-15(14)18/h8-9,11-12,16,20H,3-5,7,10H2,1H3,(H,19,21). The van der Waals surface area contributed by atoms with Crippen molar-refractivity contribution in [3.05, 3.63) is 35.1 Å². The number of rotatable bonds is 3. The van der Waals surface area contributed by atoms with E-state index in [-0.39, 0.29) is 24.1 Å². The van der Waals surface area contributed by atoms with E-state index in [1.165, 1.54) is 18.2 Å². The maximum absolute atomic E-state index is 13.8. The molecule has 0 aliphatic heterocycles. The minimum Gasteiger partial charge on any atom is -0.395 e. The second-order valence-corrected chi connectivity index (χ2v) is 5.46. The molecule has 2 atom stereocenters. The number of carbonyl (C=O) groups excluding carboxylic acids is 1. The Kier molecular flexibility index (Phi) is 5.35. The Morgan fingerprint density at radius 3 is 2.95 bits per heavy atom. The van der Waals surface area contributed by atoms with Gasteiger partial charge in [0.05, 0.1) is 12.2 Å². The number of halogens is 1. The highest BCUT2D eigenvalue weighted by Gasteiger charge is 2.26. The highest BCUT2D eigenvalue weighted by molar-refractivity contribution is 5.95. The molecule has 21 heavy (non-hydrogen) atoms. The molecule has 2 unspecified atom stereocenters. The lowest BCUT2D eigenvalue weighted by atomic mass is 10.0. The van der Waals surface area contributed by atoms with Crippen LogP contribution in [0.2, 0.25) is 0 Å². The first-order chi connectivity index (χ1) is 10.1. The first kappa shape index (κ1) is 15.5. The average molecular weight is 289 g/mol. The number of aliphatic hydroxyl groups excluding tert-OH is 1. The number of benzene rings is 1. The van der Waals surface area contributed by atoms with Gasteiger partial charge in [0.2, 0.25) is 0 Å². The molecule has 1 aliphatic carbocycles. The summed E-state index contributed by atoms with van der Waals surface area (Å²) in [4.78, 5) is 12.2. The lowest BCUT2D eigenvalue weighted by molar-refractivity contribution is 0.0925. The zero-order valence-corrected chi connectivity index (χ0v) is 12.2. The van der Waals surface area contributed by atoms with Gasteiger partial charge in [-0.15, -0.1) is 0 Å². The summed E-state index contributed by atoms with van der Waals surface area (Å²) >= 11 is 0. The fourth-order valence-corrected chi connectivity index (χ4v) is 2.60. The minimum absolute atomic E-state index is 0.0128. The average Bonchev–Trinajstić information content (AvgIpc) is 2.86. The van der Waals surface area contributed by atoms with Crippen LogP contribution in [-0.2, 0) is 0 Å². The van der Waals surface area contributed by atoms with E-state index in [1.807, 2.05) is 0 Å². The van der Waals surface area contributed by atoms with E-state index in [1.54, 1.807) is 0 Å². The summed E-state index contributed by atoms with van der Waals surface area (Å²) in [5.41, 5.74) is 0.611. The Bertz CT molecular complexity index is 574. The largest absolute Gasteiger partial charge is 0.395 e. The van der Waals surface area contributed by atoms with E-state index in [2.05, 4.69) is 24.1 Å². The van der Waals surface area contributed by atoms with Crippen LogP contribution < -0.4 is 5.32 Å². The summed E-state index contributed by atoms with van der Waals surface area (Å²) in [6.07, 6.45) is 3.50. The Morgan fingerprint density at radius 2 is 2.29 bits per heavy atom. The van der Waals surface area contributed by atoms with Crippen LogP contribution in [0.4, 0.5) is 4.39 Å². The van der Waals surface area contributed by atoms with Crippen LogP contribution in [0.5, 0.6) is 0 Å². The van der Waals surface area contributed by atoms with Crippen LogP contribution in [0.15, 0.2) is 18.2 Å². The number of carbonyl (C=O) groups is 1. The molecule has 0 heterocycles. The van der Waals surface area contributed by atoms with E-state index >= 15 is 0 Å². The van der Waals surface area contributed by atoms with Gasteiger partial charge in [-0.05, 0) is 37.0 Å². The lowest BCUT2D eigenvalue weighted by Gasteiger charge is -2.17. The van der Waals surface area contributed by atoms with E-state index in [4.69, 9.17) is 5.11 Å². The third-order valence-corrected chi connectivity index (χ3v) is 3.86. The van der Waals surface area contributed by atoms with Gasteiger partial charge in [-0.3, -0.25) is 4.79 Å². The Labute approximate surface area is 124 Å². The van der Waals surface area contributed by atoms with E-state index < -0.39 is 5.82 Å². The second kappa shape index (κ2) is 7.24. The molecule has 4 heteroatoms. The first-order valence-electron chi connectivity index (χ1n) is 7.32. The van der Waals surface area contributed by atoms with Gasteiger partial charge in [0, 0.05) is 18.0 Å². The maximum atomic E-state index is 13.8. The molecule has 0 bridgehead atoms. The molecule has 0 radical (unpaired) electrons. The molecule has 1 aliphatic rings. The topological polar surface area (TPSA) is 49.3 Å². The summed E-state index contributed by atoms with van der Waals surface area (Å²) in [5.74, 6) is 5.10. The van der Waals surface area contributed by atoms with Crippen molar-refractivity contribution >= 4 is 5.91 Å². The lowest BCUT2D eigenvalue weighted by Crippen LogP contribution is -2.36. The monoisotopic (exact) mass is 289 g/mol. The van der Waals surface area contributed by atoms with Gasteiger partial charge in [-0.1, -0.05) is 25.2 Å². The smallest absolute Gasteiger partial charge is 0.254 e. The Balaban J connectivity index is 2.12. The maximum Gasteiger partial charge on any atom is 0.254 e. The van der Waals surface area contributed by atoms with Crippen LogP contribution in [-0.4, -0.2) is 23.7 Å². The normalized spacial score (nSPS) is 20.7. The third kappa shape index (κ3) is 4.05. The molecule has 1 aromatic carbocycles. The van der Waals surface area contributed by atoms with Gasteiger partial charge < -0.3 is 10.4 Å². The number of hydrogen-bond donors (Lipinski definition) is 2. The highest BCUT2D eigenvalue weighted by Crippen LogP contribution is 2.25. The molecule has 0 aromatic heterocycles. The van der Waals surface area contributed by atoms with E-state index in [0.29, 0.717) is 17.9 Å². The van der Waals surface area contributed by atoms with Crippen molar-refractivity contribution in [2.75, 3.05) is 6.61 Å². The number of nitrogens with one attached hydrogen (secondary N) is 1. The molecule has 3 nitrogen and oxygen atoms in total. The highest BCUT2D eigenvalue weighted by atomic mass is 19.1. The molecule has 2 rings (SSSR count). The van der Waals surface area contributed by atoms with Gasteiger partial charge >= 0.3 is 0 Å². The molecule has 1 saturated carbocycles. The van der Waals surface area contributed by atoms with Crippen molar-refractivity contribution in [2.45, 2.75) is 38.6 Å². The molecule has 0 saturated heterocycles. The summed E-state index contributed by atoms with van der Waals surface area (Å²) in [6, 6.07) is 4.39. The van der Waals surface area contributed by atoms with Crippen molar-refractivity contribution < 1.29 is 14.3 Å². The van der Waals surface area contributed by atoms with Crippen LogP contribution in [0, 0.1) is 23.6 Å². The summed E-state index contributed by atoms with van der Waals surface area (Å²) in [5, 5.41) is 11.6. The zero-order valence-electron chi connectivity index (χ0n) is 12.2. The van der Waals surface area contributed by atoms with Gasteiger partial charge in [-0.2, -0.15) is 0 Å². The number of hydrogen-bond acceptors (Lipinski definition) is 2. The van der Waals surface area contributed by atoms with Crippen LogP contribution in [0.1, 0.15) is 48.5 Å². The Hall–Kier alpha value is -1.86. The first-order valence-corrected chi connectivity index (χ1v) is 7.32. The zero-order chi connectivity index (χ0) is 15.2. The molecule has 0 spiro atoms. The number of amides is 1. The van der Waals surface area contributed by atoms with Crippen molar-refractivity contribution in [3.8, 4) is 11.8 Å². The Morgan fingerprint density at radius 1 is 1.48 bits per heavy atom. The predicted molar refractivity (Wildman–Crippen MR) is 79.3 cm³/mol. The molecule has 1 aromatic rings. The predicted octanol–water partition coefficient (Wildman–Crippen LogP) is 2.48. The summed E-state index contributed by atoms with van der Waals surface area (Å²) < 4.78 is 13.8. The fourth-order valence-electron chi connectivity index (χ4n) is 2.60. The quantitative estimate of drug-likeness (QED) is 0.840. The van der Waals surface area contributed by atoms with Gasteiger partial charge in [0.15, 0.2) is 0 Å². The summed E-state index contributed by atoms with van der Waals surface area (Å²) in [7, 11) is 0. The number of aliphatic hydroxyl groups is 1.